The maximum atomic E-state index is 5.82. The Kier molecular flexibility index (Phi) is 4.33. The van der Waals surface area contributed by atoms with Crippen LogP contribution in [0.2, 0.25) is 0 Å². The molecule has 0 fully saturated rings. The SMILES string of the molecule is c1ccc(C2COC(c3cccc(C4=NC(c5ccccc5)CO4)n3)=N2)cc1. The lowest BCUT2D eigenvalue weighted by atomic mass is 10.1. The molecule has 0 saturated carbocycles. The Hall–Kier alpha value is -3.47. The van der Waals surface area contributed by atoms with Gasteiger partial charge in [-0.05, 0) is 23.3 Å². The molecule has 3 aromatic rings. The van der Waals surface area contributed by atoms with Crippen molar-refractivity contribution in [3.63, 3.8) is 0 Å². The highest BCUT2D eigenvalue weighted by molar-refractivity contribution is 5.97. The Morgan fingerprint density at radius 2 is 1.04 bits per heavy atom. The lowest BCUT2D eigenvalue weighted by Gasteiger charge is -2.04. The van der Waals surface area contributed by atoms with Gasteiger partial charge in [0.2, 0.25) is 11.8 Å². The number of ether oxygens (including phenoxy) is 2. The molecule has 2 aliphatic heterocycles. The molecule has 0 spiro atoms. The van der Waals surface area contributed by atoms with Crippen LogP contribution in [-0.4, -0.2) is 30.0 Å². The zero-order valence-electron chi connectivity index (χ0n) is 15.2. The van der Waals surface area contributed by atoms with Gasteiger partial charge in [0.25, 0.3) is 0 Å². The molecule has 5 rings (SSSR count). The van der Waals surface area contributed by atoms with Crippen LogP contribution < -0.4 is 0 Å². The van der Waals surface area contributed by atoms with E-state index < -0.39 is 0 Å². The van der Waals surface area contributed by atoms with Gasteiger partial charge < -0.3 is 9.47 Å². The predicted octanol–water partition coefficient (Wildman–Crippen LogP) is 4.12. The standard InChI is InChI=1S/C23H19N3O2/c1-3-8-16(9-4-1)20-14-27-22(25-20)18-12-7-13-19(24-18)23-26-21(15-28-23)17-10-5-2-6-11-17/h1-13,20-21H,14-15H2. The second-order valence-electron chi connectivity index (χ2n) is 6.75. The molecule has 5 nitrogen and oxygen atoms in total. The van der Waals surface area contributed by atoms with Crippen LogP contribution in [0.25, 0.3) is 0 Å². The summed E-state index contributed by atoms with van der Waals surface area (Å²) in [6, 6.07) is 26.1. The summed E-state index contributed by atoms with van der Waals surface area (Å²) in [5.41, 5.74) is 3.68. The van der Waals surface area contributed by atoms with Gasteiger partial charge in [0.1, 0.15) is 36.7 Å². The molecule has 0 bridgehead atoms. The van der Waals surface area contributed by atoms with Crippen LogP contribution in [0.15, 0.2) is 88.8 Å². The Bertz CT molecular complexity index is 951. The third-order valence-corrected chi connectivity index (χ3v) is 4.86. The van der Waals surface area contributed by atoms with Crippen molar-refractivity contribution >= 4 is 11.8 Å². The third kappa shape index (κ3) is 3.27. The molecule has 138 valence electrons. The molecule has 2 aromatic carbocycles. The van der Waals surface area contributed by atoms with Gasteiger partial charge in [-0.2, -0.15) is 0 Å². The van der Waals surface area contributed by atoms with E-state index in [4.69, 9.17) is 19.5 Å². The van der Waals surface area contributed by atoms with E-state index in [9.17, 15) is 0 Å². The summed E-state index contributed by atoms with van der Waals surface area (Å²) in [6.07, 6.45) is 0. The van der Waals surface area contributed by atoms with E-state index in [0.717, 1.165) is 11.1 Å². The van der Waals surface area contributed by atoms with Gasteiger partial charge in [-0.1, -0.05) is 66.7 Å². The number of pyridine rings is 1. The van der Waals surface area contributed by atoms with Gasteiger partial charge >= 0.3 is 0 Å². The molecule has 0 amide bonds. The molecule has 3 heterocycles. The number of aromatic nitrogens is 1. The van der Waals surface area contributed by atoms with E-state index in [1.165, 1.54) is 0 Å². The lowest BCUT2D eigenvalue weighted by Crippen LogP contribution is -2.09. The topological polar surface area (TPSA) is 56.1 Å². The molecule has 28 heavy (non-hydrogen) atoms. The highest BCUT2D eigenvalue weighted by atomic mass is 16.5. The van der Waals surface area contributed by atoms with E-state index in [1.54, 1.807) is 0 Å². The smallest absolute Gasteiger partial charge is 0.236 e. The summed E-state index contributed by atoms with van der Waals surface area (Å²) in [7, 11) is 0. The molecule has 0 radical (unpaired) electrons. The number of aliphatic imine (C=N–C) groups is 2. The average molecular weight is 369 g/mol. The van der Waals surface area contributed by atoms with Crippen LogP contribution in [0.3, 0.4) is 0 Å². The zero-order chi connectivity index (χ0) is 18.8. The van der Waals surface area contributed by atoms with Crippen LogP contribution >= 0.6 is 0 Å². The summed E-state index contributed by atoms with van der Waals surface area (Å²) in [5, 5.41) is 0. The van der Waals surface area contributed by atoms with Crippen LogP contribution in [0.4, 0.5) is 0 Å². The van der Waals surface area contributed by atoms with E-state index in [1.807, 2.05) is 54.6 Å². The van der Waals surface area contributed by atoms with Gasteiger partial charge in [-0.15, -0.1) is 0 Å². The summed E-state index contributed by atoms with van der Waals surface area (Å²) in [5.74, 6) is 1.13. The molecular formula is C23H19N3O2. The monoisotopic (exact) mass is 369 g/mol. The van der Waals surface area contributed by atoms with Gasteiger partial charge in [-0.25, -0.2) is 15.0 Å². The minimum atomic E-state index is 0.00388. The molecule has 1 aromatic heterocycles. The van der Waals surface area contributed by atoms with Crippen molar-refractivity contribution in [2.45, 2.75) is 12.1 Å². The van der Waals surface area contributed by atoms with E-state index in [0.29, 0.717) is 36.4 Å². The highest BCUT2D eigenvalue weighted by Crippen LogP contribution is 2.26. The van der Waals surface area contributed by atoms with Crippen molar-refractivity contribution in [1.82, 2.24) is 4.98 Å². The Labute approximate surface area is 163 Å². The van der Waals surface area contributed by atoms with Crippen LogP contribution in [0.5, 0.6) is 0 Å². The fourth-order valence-corrected chi connectivity index (χ4v) is 3.39. The predicted molar refractivity (Wildman–Crippen MR) is 108 cm³/mol. The van der Waals surface area contributed by atoms with Crippen molar-refractivity contribution in [3.8, 4) is 0 Å². The van der Waals surface area contributed by atoms with Crippen LogP contribution in [-0.2, 0) is 9.47 Å². The van der Waals surface area contributed by atoms with Crippen molar-refractivity contribution in [2.75, 3.05) is 13.2 Å². The summed E-state index contributed by atoms with van der Waals surface area (Å²) < 4.78 is 11.6. The van der Waals surface area contributed by atoms with E-state index in [-0.39, 0.29) is 12.1 Å². The maximum absolute atomic E-state index is 5.82. The molecule has 0 aliphatic carbocycles. The van der Waals surface area contributed by atoms with Crippen molar-refractivity contribution in [2.24, 2.45) is 9.98 Å². The van der Waals surface area contributed by atoms with E-state index >= 15 is 0 Å². The molecular weight excluding hydrogens is 350 g/mol. The molecule has 2 atom stereocenters. The Morgan fingerprint density at radius 1 is 0.571 bits per heavy atom. The first-order chi connectivity index (χ1) is 13.9. The number of nitrogens with zero attached hydrogens (tertiary/aromatic N) is 3. The first kappa shape index (κ1) is 16.7. The highest BCUT2D eigenvalue weighted by Gasteiger charge is 2.25. The minimum Gasteiger partial charge on any atom is -0.474 e. The van der Waals surface area contributed by atoms with Crippen LogP contribution in [0.1, 0.15) is 34.6 Å². The minimum absolute atomic E-state index is 0.00388. The first-order valence-corrected chi connectivity index (χ1v) is 9.36. The van der Waals surface area contributed by atoms with Crippen LogP contribution in [0, 0.1) is 0 Å². The lowest BCUT2D eigenvalue weighted by molar-refractivity contribution is 0.317. The van der Waals surface area contributed by atoms with Gasteiger partial charge in [0.05, 0.1) is 0 Å². The quantitative estimate of drug-likeness (QED) is 0.695. The molecule has 0 saturated heterocycles. The number of hydrogen-bond acceptors (Lipinski definition) is 5. The fourth-order valence-electron chi connectivity index (χ4n) is 3.39. The summed E-state index contributed by atoms with van der Waals surface area (Å²) in [4.78, 5) is 14.1. The van der Waals surface area contributed by atoms with Crippen molar-refractivity contribution in [3.05, 3.63) is 101 Å². The maximum Gasteiger partial charge on any atom is 0.236 e. The average Bonchev–Trinajstić information content (AvgIpc) is 3.46. The summed E-state index contributed by atoms with van der Waals surface area (Å²) in [6.45, 7) is 1.05. The Morgan fingerprint density at radius 3 is 1.50 bits per heavy atom. The fraction of sp³-hybridized carbons (Fsp3) is 0.174. The molecule has 0 N–H and O–H groups in total. The number of benzene rings is 2. The third-order valence-electron chi connectivity index (χ3n) is 4.86. The summed E-state index contributed by atoms with van der Waals surface area (Å²) >= 11 is 0. The zero-order valence-corrected chi connectivity index (χ0v) is 15.2. The molecule has 2 unspecified atom stereocenters. The van der Waals surface area contributed by atoms with Crippen molar-refractivity contribution in [1.29, 1.82) is 0 Å². The number of hydrogen-bond donors (Lipinski definition) is 0. The second-order valence-corrected chi connectivity index (χ2v) is 6.75. The first-order valence-electron chi connectivity index (χ1n) is 9.36. The van der Waals surface area contributed by atoms with Crippen molar-refractivity contribution < 1.29 is 9.47 Å². The van der Waals surface area contributed by atoms with Gasteiger partial charge in [0.15, 0.2) is 0 Å². The Balaban J connectivity index is 1.39. The van der Waals surface area contributed by atoms with E-state index in [2.05, 4.69) is 29.2 Å². The largest absolute Gasteiger partial charge is 0.474 e. The van der Waals surface area contributed by atoms with Gasteiger partial charge in [0, 0.05) is 0 Å². The molecule has 2 aliphatic rings. The normalized spacial score (nSPS) is 20.9. The second kappa shape index (κ2) is 7.27. The van der Waals surface area contributed by atoms with Gasteiger partial charge in [-0.3, -0.25) is 0 Å². The number of rotatable bonds is 4. The molecule has 5 heteroatoms.